The lowest BCUT2D eigenvalue weighted by Crippen LogP contribution is -2.21. The molecule has 0 spiro atoms. The van der Waals surface area contributed by atoms with E-state index in [9.17, 15) is 10.2 Å². The summed E-state index contributed by atoms with van der Waals surface area (Å²) in [5.74, 6) is 2.55. The number of hydrogen-bond acceptors (Lipinski definition) is 4. The van der Waals surface area contributed by atoms with Crippen molar-refractivity contribution >= 4 is 12.4 Å². The molecule has 0 radical (unpaired) electrons. The van der Waals surface area contributed by atoms with Crippen LogP contribution in [-0.2, 0) is 12.8 Å². The van der Waals surface area contributed by atoms with Gasteiger partial charge in [0.05, 0.1) is 12.1 Å². The van der Waals surface area contributed by atoms with Gasteiger partial charge in [-0.15, -0.1) is 0 Å². The van der Waals surface area contributed by atoms with Crippen LogP contribution in [0.3, 0.4) is 0 Å². The summed E-state index contributed by atoms with van der Waals surface area (Å²) in [5, 5.41) is 22.0. The number of benzene rings is 2. The fraction of sp³-hybridized carbons (Fsp3) is 0.611. The SMILES string of the molecule is CC(C)CCc1cc(C=NC2CCCC(N=Cc3cc(CCC(C)C)cc(C(C)C)c3O)C2)c(O)c(C(C)C)c1. The maximum atomic E-state index is 11.0. The van der Waals surface area contributed by atoms with Crippen LogP contribution in [-0.4, -0.2) is 34.7 Å². The Labute approximate surface area is 244 Å². The highest BCUT2D eigenvalue weighted by Crippen LogP contribution is 2.33. The van der Waals surface area contributed by atoms with E-state index in [2.05, 4.69) is 79.7 Å². The van der Waals surface area contributed by atoms with E-state index < -0.39 is 0 Å². The third kappa shape index (κ3) is 9.21. The van der Waals surface area contributed by atoms with Crippen LogP contribution in [0.4, 0.5) is 0 Å². The molecule has 4 heteroatoms. The van der Waals surface area contributed by atoms with Crippen molar-refractivity contribution in [3.8, 4) is 11.5 Å². The molecule has 2 aromatic carbocycles. The third-order valence-electron chi connectivity index (χ3n) is 8.19. The van der Waals surface area contributed by atoms with Crippen molar-refractivity contribution in [2.45, 2.75) is 131 Å². The van der Waals surface area contributed by atoms with Crippen molar-refractivity contribution in [2.24, 2.45) is 21.8 Å². The lowest BCUT2D eigenvalue weighted by Gasteiger charge is -2.24. The minimum absolute atomic E-state index is 0.189. The normalized spacial score (nSPS) is 18.4. The van der Waals surface area contributed by atoms with Gasteiger partial charge in [0.2, 0.25) is 0 Å². The Kier molecular flexibility index (Phi) is 11.8. The number of aromatic hydroxyl groups is 2. The molecule has 2 aromatic rings. The largest absolute Gasteiger partial charge is 0.507 e. The average molecular weight is 547 g/mol. The summed E-state index contributed by atoms with van der Waals surface area (Å²) in [6.07, 6.45) is 12.2. The second kappa shape index (κ2) is 14.8. The number of nitrogens with zero attached hydrogens (tertiary/aromatic N) is 2. The number of phenols is 2. The standard InChI is InChI=1S/C36H54N2O2/c1-23(2)12-14-27-16-29(35(39)33(18-27)25(5)6)21-37-31-10-9-11-32(20-31)38-22-30-17-28(15-13-24(3)4)19-34(26(7)8)36(30)40/h16-19,21-26,31-32,39-40H,9-15,20H2,1-8H3. The first kappa shape index (κ1) is 31.9. The average Bonchev–Trinajstić information content (AvgIpc) is 2.90. The number of aliphatic imine (C=N–C) groups is 2. The summed E-state index contributed by atoms with van der Waals surface area (Å²) in [6.45, 7) is 17.5. The summed E-state index contributed by atoms with van der Waals surface area (Å²) < 4.78 is 0. The Balaban J connectivity index is 1.76. The van der Waals surface area contributed by atoms with Crippen molar-refractivity contribution in [3.05, 3.63) is 57.6 Å². The molecule has 40 heavy (non-hydrogen) atoms. The van der Waals surface area contributed by atoms with E-state index in [-0.39, 0.29) is 23.9 Å². The monoisotopic (exact) mass is 546 g/mol. The first-order chi connectivity index (χ1) is 18.9. The van der Waals surface area contributed by atoms with Crippen molar-refractivity contribution in [1.82, 2.24) is 0 Å². The number of hydrogen-bond donors (Lipinski definition) is 2. The van der Waals surface area contributed by atoms with Crippen molar-refractivity contribution in [1.29, 1.82) is 0 Å². The van der Waals surface area contributed by atoms with Crippen LogP contribution in [0, 0.1) is 11.8 Å². The molecule has 4 nitrogen and oxygen atoms in total. The molecule has 0 bridgehead atoms. The van der Waals surface area contributed by atoms with Gasteiger partial charge in [0.1, 0.15) is 11.5 Å². The zero-order chi connectivity index (χ0) is 29.4. The molecule has 0 amide bonds. The van der Waals surface area contributed by atoms with Gasteiger partial charge in [-0.3, -0.25) is 9.98 Å². The summed E-state index contributed by atoms with van der Waals surface area (Å²) in [6, 6.07) is 8.95. The van der Waals surface area contributed by atoms with Gasteiger partial charge < -0.3 is 10.2 Å². The van der Waals surface area contributed by atoms with Crippen molar-refractivity contribution in [2.75, 3.05) is 0 Å². The number of phenolic OH excluding ortho intramolecular Hbond substituents is 2. The van der Waals surface area contributed by atoms with Crippen LogP contribution in [0.2, 0.25) is 0 Å². The van der Waals surface area contributed by atoms with E-state index in [1.807, 2.05) is 12.4 Å². The Morgan fingerprint density at radius 1 is 0.675 bits per heavy atom. The van der Waals surface area contributed by atoms with Crippen LogP contribution >= 0.6 is 0 Å². The molecule has 3 rings (SSSR count). The van der Waals surface area contributed by atoms with E-state index in [1.54, 1.807) is 0 Å². The van der Waals surface area contributed by atoms with Gasteiger partial charge in [-0.2, -0.15) is 0 Å². The predicted molar refractivity (Wildman–Crippen MR) is 172 cm³/mol. The zero-order valence-corrected chi connectivity index (χ0v) is 26.4. The second-order valence-corrected chi connectivity index (χ2v) is 13.5. The Hall–Kier alpha value is -2.62. The van der Waals surface area contributed by atoms with Gasteiger partial charge >= 0.3 is 0 Å². The third-order valence-corrected chi connectivity index (χ3v) is 8.19. The zero-order valence-electron chi connectivity index (χ0n) is 26.4. The van der Waals surface area contributed by atoms with Crippen molar-refractivity contribution in [3.63, 3.8) is 0 Å². The molecule has 1 aliphatic carbocycles. The summed E-state index contributed by atoms with van der Waals surface area (Å²) in [5.41, 5.74) is 6.23. The van der Waals surface area contributed by atoms with Gasteiger partial charge in [-0.25, -0.2) is 0 Å². The fourth-order valence-electron chi connectivity index (χ4n) is 5.55. The van der Waals surface area contributed by atoms with Crippen LogP contribution in [0.25, 0.3) is 0 Å². The molecule has 2 unspecified atom stereocenters. The minimum atomic E-state index is 0.189. The first-order valence-corrected chi connectivity index (χ1v) is 15.7. The topological polar surface area (TPSA) is 65.2 Å². The summed E-state index contributed by atoms with van der Waals surface area (Å²) >= 11 is 0. The highest BCUT2D eigenvalue weighted by molar-refractivity contribution is 5.85. The minimum Gasteiger partial charge on any atom is -0.507 e. The van der Waals surface area contributed by atoms with E-state index in [0.717, 1.165) is 73.6 Å². The summed E-state index contributed by atoms with van der Waals surface area (Å²) in [7, 11) is 0. The lowest BCUT2D eigenvalue weighted by molar-refractivity contribution is 0.397. The molecule has 0 saturated heterocycles. The first-order valence-electron chi connectivity index (χ1n) is 15.7. The molecule has 220 valence electrons. The van der Waals surface area contributed by atoms with Crippen molar-refractivity contribution < 1.29 is 10.2 Å². The van der Waals surface area contributed by atoms with Crippen LogP contribution in [0.15, 0.2) is 34.3 Å². The van der Waals surface area contributed by atoms with Gasteiger partial charge in [-0.05, 0) is 109 Å². The van der Waals surface area contributed by atoms with E-state index in [0.29, 0.717) is 23.3 Å². The molecule has 0 aliphatic heterocycles. The van der Waals surface area contributed by atoms with E-state index in [4.69, 9.17) is 9.98 Å². The quantitative estimate of drug-likeness (QED) is 0.260. The maximum absolute atomic E-state index is 11.0. The van der Waals surface area contributed by atoms with Crippen LogP contribution < -0.4 is 0 Å². The van der Waals surface area contributed by atoms with Gasteiger partial charge in [0, 0.05) is 23.6 Å². The maximum Gasteiger partial charge on any atom is 0.127 e. The van der Waals surface area contributed by atoms with Gasteiger partial charge in [0.15, 0.2) is 0 Å². The van der Waals surface area contributed by atoms with E-state index in [1.165, 1.54) is 11.1 Å². The molecule has 1 aliphatic rings. The molecule has 1 fully saturated rings. The fourth-order valence-corrected chi connectivity index (χ4v) is 5.55. The number of rotatable bonds is 12. The Morgan fingerprint density at radius 2 is 1.07 bits per heavy atom. The predicted octanol–water partition coefficient (Wildman–Crippen LogP) is 9.37. The highest BCUT2D eigenvalue weighted by Gasteiger charge is 2.21. The van der Waals surface area contributed by atoms with Crippen LogP contribution in [0.1, 0.15) is 139 Å². The number of aryl methyl sites for hydroxylation is 2. The molecule has 0 heterocycles. The highest BCUT2D eigenvalue weighted by atomic mass is 16.3. The molecule has 1 saturated carbocycles. The molecule has 0 aromatic heterocycles. The molecule has 2 N–H and O–H groups in total. The molecule has 2 atom stereocenters. The molecular weight excluding hydrogens is 492 g/mol. The Morgan fingerprint density at radius 3 is 1.43 bits per heavy atom. The lowest BCUT2D eigenvalue weighted by atomic mass is 9.91. The smallest absolute Gasteiger partial charge is 0.127 e. The second-order valence-electron chi connectivity index (χ2n) is 13.5. The van der Waals surface area contributed by atoms with Gasteiger partial charge in [-0.1, -0.05) is 67.5 Å². The van der Waals surface area contributed by atoms with E-state index >= 15 is 0 Å². The van der Waals surface area contributed by atoms with Gasteiger partial charge in [0.25, 0.3) is 0 Å². The van der Waals surface area contributed by atoms with Crippen LogP contribution in [0.5, 0.6) is 11.5 Å². The Bertz CT molecular complexity index is 1070. The summed E-state index contributed by atoms with van der Waals surface area (Å²) in [4.78, 5) is 9.92. The molecular formula is C36H54N2O2.